The normalized spacial score (nSPS) is 18.0. The quantitative estimate of drug-likeness (QED) is 0.335. The summed E-state index contributed by atoms with van der Waals surface area (Å²) in [6.45, 7) is 7.74. The first-order valence-electron chi connectivity index (χ1n) is 13.6. The lowest BCUT2D eigenvalue weighted by Gasteiger charge is -2.37. The average Bonchev–Trinajstić information content (AvgIpc) is 3.32. The van der Waals surface area contributed by atoms with Crippen molar-refractivity contribution in [1.29, 1.82) is 0 Å². The number of aromatic nitrogens is 2. The van der Waals surface area contributed by atoms with E-state index in [1.807, 2.05) is 0 Å². The molecule has 0 atom stereocenters. The van der Waals surface area contributed by atoms with E-state index in [1.165, 1.54) is 57.4 Å². The van der Waals surface area contributed by atoms with E-state index in [-0.39, 0.29) is 16.9 Å². The number of nitrogens with zero attached hydrogens (tertiary/aromatic N) is 3. The minimum atomic E-state index is -1.08. The zero-order chi connectivity index (χ0) is 26.4. The number of benzene rings is 1. The smallest absolute Gasteiger partial charge is 0.280 e. The highest BCUT2D eigenvalue weighted by molar-refractivity contribution is 6.07. The summed E-state index contributed by atoms with van der Waals surface area (Å²) in [5.74, 6) is -1.88. The highest BCUT2D eigenvalue weighted by Gasteiger charge is 2.30. The summed E-state index contributed by atoms with van der Waals surface area (Å²) in [5.41, 5.74) is 2.05. The van der Waals surface area contributed by atoms with Crippen LogP contribution in [-0.2, 0) is 6.42 Å². The van der Waals surface area contributed by atoms with Crippen molar-refractivity contribution < 1.29 is 13.6 Å². The zero-order valence-corrected chi connectivity index (χ0v) is 22.3. The second kappa shape index (κ2) is 12.0. The molecular formula is C28H40F2N6O. The van der Waals surface area contributed by atoms with Crippen LogP contribution in [-0.4, -0.2) is 41.2 Å². The first kappa shape index (κ1) is 27.1. The minimum absolute atomic E-state index is 0.0213. The van der Waals surface area contributed by atoms with Gasteiger partial charge < -0.3 is 15.5 Å². The number of fused-ring (bicyclic) bond motifs is 1. The summed E-state index contributed by atoms with van der Waals surface area (Å²) < 4.78 is 27.1. The molecule has 2 heterocycles. The molecule has 3 N–H and O–H groups in total. The maximum Gasteiger partial charge on any atom is 0.280 e. The standard InChI is InChI=1S/C28H40F2N6O/c1-28(2,3)18-31-27(33-26(37)19-14-15-21(29)22(30)17-19)32-25-24-23(34-35-25)13-10-16-36(24)20-11-8-6-4-5-7-9-12-20/h14-15,17,20H,4-13,16,18H2,1-3H3,(H3,31,32,33,34,35,37). The van der Waals surface area contributed by atoms with Gasteiger partial charge in [0.2, 0.25) is 5.96 Å². The van der Waals surface area contributed by atoms with Gasteiger partial charge in [0, 0.05) is 24.7 Å². The van der Waals surface area contributed by atoms with Gasteiger partial charge in [0.25, 0.3) is 5.91 Å². The molecule has 2 aliphatic rings. The first-order chi connectivity index (χ1) is 17.7. The minimum Gasteiger partial charge on any atom is -0.364 e. The largest absolute Gasteiger partial charge is 0.364 e. The summed E-state index contributed by atoms with van der Waals surface area (Å²) in [7, 11) is 0. The number of hydrogen-bond acceptors (Lipinski definition) is 3. The molecule has 202 valence electrons. The van der Waals surface area contributed by atoms with Crippen LogP contribution in [0.25, 0.3) is 0 Å². The molecule has 7 nitrogen and oxygen atoms in total. The highest BCUT2D eigenvalue weighted by atomic mass is 19.2. The van der Waals surface area contributed by atoms with Gasteiger partial charge in [0.1, 0.15) is 5.69 Å². The van der Waals surface area contributed by atoms with Crippen molar-refractivity contribution in [1.82, 2.24) is 15.5 Å². The van der Waals surface area contributed by atoms with Crippen molar-refractivity contribution in [3.05, 3.63) is 41.1 Å². The molecule has 1 aliphatic carbocycles. The number of aromatic amines is 1. The highest BCUT2D eigenvalue weighted by Crippen LogP contribution is 2.36. The molecule has 4 rings (SSSR count). The summed E-state index contributed by atoms with van der Waals surface area (Å²) >= 11 is 0. The average molecular weight is 515 g/mol. The van der Waals surface area contributed by atoms with E-state index in [2.05, 4.69) is 51.5 Å². The van der Waals surface area contributed by atoms with Crippen molar-refractivity contribution in [2.75, 3.05) is 23.3 Å². The van der Waals surface area contributed by atoms with Crippen LogP contribution < -0.4 is 15.5 Å². The van der Waals surface area contributed by atoms with E-state index in [4.69, 9.17) is 0 Å². The topological polar surface area (TPSA) is 85.4 Å². The summed E-state index contributed by atoms with van der Waals surface area (Å²) in [6, 6.07) is 3.51. The van der Waals surface area contributed by atoms with Gasteiger partial charge in [-0.2, -0.15) is 10.1 Å². The summed E-state index contributed by atoms with van der Waals surface area (Å²) in [5, 5.41) is 14.3. The number of halogens is 2. The molecule has 2 aromatic rings. The Morgan fingerprint density at radius 2 is 1.78 bits per heavy atom. The molecule has 0 radical (unpaired) electrons. The Bertz CT molecular complexity index is 1100. The number of amides is 1. The number of anilines is 2. The molecule has 0 unspecified atom stereocenters. The van der Waals surface area contributed by atoms with E-state index < -0.39 is 17.5 Å². The summed E-state index contributed by atoms with van der Waals surface area (Å²) in [6.07, 6.45) is 12.0. The molecule has 1 amide bonds. The van der Waals surface area contributed by atoms with Gasteiger partial charge in [0.05, 0.1) is 5.69 Å². The van der Waals surface area contributed by atoms with Crippen molar-refractivity contribution in [3.63, 3.8) is 0 Å². The number of aryl methyl sites for hydroxylation is 1. The Labute approximate surface area is 218 Å². The van der Waals surface area contributed by atoms with Crippen LogP contribution in [0.1, 0.15) is 94.6 Å². The predicted molar refractivity (Wildman–Crippen MR) is 144 cm³/mol. The van der Waals surface area contributed by atoms with Crippen LogP contribution in [0.15, 0.2) is 23.2 Å². The maximum atomic E-state index is 13.7. The SMILES string of the molecule is CC(C)(C)CN/C(=N/C(=O)c1ccc(F)c(F)c1)Nc1n[nH]c2c1N(C1CCCCCCCC1)CCC2. The number of aliphatic imine (C=N–C) groups is 1. The zero-order valence-electron chi connectivity index (χ0n) is 22.3. The van der Waals surface area contributed by atoms with Crippen LogP contribution in [0, 0.1) is 17.0 Å². The third kappa shape index (κ3) is 7.29. The van der Waals surface area contributed by atoms with Crippen LogP contribution in [0.2, 0.25) is 0 Å². The molecule has 37 heavy (non-hydrogen) atoms. The third-order valence-electron chi connectivity index (χ3n) is 7.09. The molecule has 0 spiro atoms. The lowest BCUT2D eigenvalue weighted by atomic mass is 9.97. The van der Waals surface area contributed by atoms with Crippen molar-refractivity contribution in [3.8, 4) is 0 Å². The van der Waals surface area contributed by atoms with E-state index >= 15 is 0 Å². The number of carbonyl (C=O) groups is 1. The second-order valence-electron chi connectivity index (χ2n) is 11.5. The molecule has 1 fully saturated rings. The molecule has 1 saturated carbocycles. The van der Waals surface area contributed by atoms with Crippen LogP contribution >= 0.6 is 0 Å². The Hall–Kier alpha value is -2.97. The van der Waals surface area contributed by atoms with Gasteiger partial charge in [-0.15, -0.1) is 0 Å². The molecule has 1 aliphatic heterocycles. The Kier molecular flexibility index (Phi) is 8.82. The second-order valence-corrected chi connectivity index (χ2v) is 11.5. The summed E-state index contributed by atoms with van der Waals surface area (Å²) in [4.78, 5) is 19.6. The van der Waals surface area contributed by atoms with Crippen molar-refractivity contribution in [2.24, 2.45) is 10.4 Å². The van der Waals surface area contributed by atoms with E-state index in [0.717, 1.165) is 42.9 Å². The number of nitrogens with one attached hydrogen (secondary N) is 3. The van der Waals surface area contributed by atoms with Gasteiger partial charge in [-0.3, -0.25) is 9.89 Å². The Balaban J connectivity index is 1.61. The fourth-order valence-electron chi connectivity index (χ4n) is 5.14. The number of carbonyl (C=O) groups excluding carboxylic acids is 1. The molecule has 0 saturated heterocycles. The van der Waals surface area contributed by atoms with E-state index in [0.29, 0.717) is 18.4 Å². The van der Waals surface area contributed by atoms with Gasteiger partial charge in [-0.25, -0.2) is 8.78 Å². The van der Waals surface area contributed by atoms with Crippen LogP contribution in [0.4, 0.5) is 20.3 Å². The van der Waals surface area contributed by atoms with Crippen LogP contribution in [0.3, 0.4) is 0 Å². The Morgan fingerprint density at radius 1 is 1.08 bits per heavy atom. The molecule has 1 aromatic carbocycles. The van der Waals surface area contributed by atoms with Crippen molar-refractivity contribution >= 4 is 23.4 Å². The van der Waals surface area contributed by atoms with E-state index in [9.17, 15) is 13.6 Å². The monoisotopic (exact) mass is 514 g/mol. The number of rotatable bonds is 4. The molecule has 1 aromatic heterocycles. The van der Waals surface area contributed by atoms with Gasteiger partial charge in [-0.05, 0) is 49.3 Å². The molecular weight excluding hydrogens is 474 g/mol. The fourth-order valence-corrected chi connectivity index (χ4v) is 5.14. The fraction of sp³-hybridized carbons (Fsp3) is 0.607. The first-order valence-corrected chi connectivity index (χ1v) is 13.6. The number of H-pyrrole nitrogens is 1. The predicted octanol–water partition coefficient (Wildman–Crippen LogP) is 6.19. The van der Waals surface area contributed by atoms with Gasteiger partial charge in [0.15, 0.2) is 17.5 Å². The number of hydrogen-bond donors (Lipinski definition) is 3. The van der Waals surface area contributed by atoms with Gasteiger partial charge >= 0.3 is 0 Å². The number of guanidine groups is 1. The van der Waals surface area contributed by atoms with E-state index in [1.54, 1.807) is 0 Å². The van der Waals surface area contributed by atoms with Gasteiger partial charge in [-0.1, -0.05) is 59.3 Å². The lowest BCUT2D eigenvalue weighted by molar-refractivity contribution is 0.100. The molecule has 0 bridgehead atoms. The van der Waals surface area contributed by atoms with Crippen LogP contribution in [0.5, 0.6) is 0 Å². The lowest BCUT2D eigenvalue weighted by Crippen LogP contribution is -2.41. The molecule has 9 heteroatoms. The Morgan fingerprint density at radius 3 is 2.46 bits per heavy atom. The third-order valence-corrected chi connectivity index (χ3v) is 7.09. The van der Waals surface area contributed by atoms with Crippen molar-refractivity contribution in [2.45, 2.75) is 91.0 Å². The maximum absolute atomic E-state index is 13.7.